The van der Waals surface area contributed by atoms with Crippen LogP contribution in [0.15, 0.2) is 48.8 Å². The molecule has 3 rings (SSSR count). The summed E-state index contributed by atoms with van der Waals surface area (Å²) < 4.78 is 10.7. The van der Waals surface area contributed by atoms with Gasteiger partial charge in [0.05, 0.1) is 19.6 Å². The van der Waals surface area contributed by atoms with Gasteiger partial charge in [-0.15, -0.1) is 0 Å². The summed E-state index contributed by atoms with van der Waals surface area (Å²) in [6.07, 6.45) is 2.83. The van der Waals surface area contributed by atoms with Crippen molar-refractivity contribution in [2.45, 2.75) is 31.1 Å². The van der Waals surface area contributed by atoms with E-state index in [0.29, 0.717) is 13.0 Å². The number of nitrogens with one attached hydrogen (secondary N) is 1. The molecule has 25 heavy (non-hydrogen) atoms. The predicted molar refractivity (Wildman–Crippen MR) is 92.3 cm³/mol. The van der Waals surface area contributed by atoms with Crippen molar-refractivity contribution in [2.75, 3.05) is 13.7 Å². The Morgan fingerprint density at radius 1 is 1.28 bits per heavy atom. The molecule has 2 heterocycles. The average Bonchev–Trinajstić information content (AvgIpc) is 2.96. The summed E-state index contributed by atoms with van der Waals surface area (Å²) in [5.41, 5.74) is 1.88. The molecule has 0 amide bonds. The Morgan fingerprint density at radius 2 is 2.08 bits per heavy atom. The number of β-amino-alcohol motifs (C(OH)–C–C–N with tert-alkyl or cyclic N) is 1. The first-order chi connectivity index (χ1) is 12.2. The van der Waals surface area contributed by atoms with Gasteiger partial charge in [-0.3, -0.25) is 9.78 Å². The van der Waals surface area contributed by atoms with Crippen molar-refractivity contribution in [3.05, 3.63) is 59.9 Å². The van der Waals surface area contributed by atoms with E-state index >= 15 is 0 Å². The molecule has 0 spiro atoms. The minimum Gasteiger partial charge on any atom is -0.497 e. The number of aromatic nitrogens is 1. The lowest BCUT2D eigenvalue weighted by Gasteiger charge is -2.22. The van der Waals surface area contributed by atoms with Crippen LogP contribution in [0, 0.1) is 0 Å². The summed E-state index contributed by atoms with van der Waals surface area (Å²) in [5.74, 6) is 0.433. The number of rotatable bonds is 6. The molecule has 2 N–H and O–H groups in total. The Hall–Kier alpha value is -2.44. The van der Waals surface area contributed by atoms with Gasteiger partial charge in [0.15, 0.2) is 0 Å². The molecule has 0 bridgehead atoms. The highest BCUT2D eigenvalue weighted by atomic mass is 16.6. The van der Waals surface area contributed by atoms with Crippen molar-refractivity contribution in [3.8, 4) is 5.75 Å². The molecule has 1 aromatic heterocycles. The summed E-state index contributed by atoms with van der Waals surface area (Å²) in [6, 6.07) is 11.2. The van der Waals surface area contributed by atoms with Gasteiger partial charge in [-0.05, 0) is 35.7 Å². The van der Waals surface area contributed by atoms with E-state index in [1.165, 1.54) is 0 Å². The number of methoxy groups -OCH3 is 1. The van der Waals surface area contributed by atoms with Gasteiger partial charge in [0.25, 0.3) is 0 Å². The second kappa shape index (κ2) is 8.09. The number of hydrogen-bond donors (Lipinski definition) is 2. The van der Waals surface area contributed by atoms with Crippen molar-refractivity contribution in [2.24, 2.45) is 0 Å². The Kier molecular flexibility index (Phi) is 5.63. The van der Waals surface area contributed by atoms with Crippen LogP contribution in [0.1, 0.15) is 11.1 Å². The first-order valence-corrected chi connectivity index (χ1v) is 8.28. The van der Waals surface area contributed by atoms with E-state index < -0.39 is 12.2 Å². The second-order valence-corrected chi connectivity index (χ2v) is 6.13. The maximum Gasteiger partial charge on any atom is 0.310 e. The van der Waals surface area contributed by atoms with Crippen LogP contribution in [0.25, 0.3) is 0 Å². The summed E-state index contributed by atoms with van der Waals surface area (Å²) in [5, 5.41) is 13.4. The molecule has 1 aliphatic heterocycles. The molecule has 0 unspecified atom stereocenters. The summed E-state index contributed by atoms with van der Waals surface area (Å²) >= 11 is 0. The molecule has 2 aromatic rings. The van der Waals surface area contributed by atoms with Crippen LogP contribution in [-0.4, -0.2) is 48.0 Å². The largest absolute Gasteiger partial charge is 0.497 e. The molecule has 6 heteroatoms. The fourth-order valence-corrected chi connectivity index (χ4v) is 3.00. The fraction of sp³-hybridized carbons (Fsp3) is 0.368. The van der Waals surface area contributed by atoms with Crippen molar-refractivity contribution in [1.82, 2.24) is 10.3 Å². The third kappa shape index (κ3) is 4.55. The zero-order valence-electron chi connectivity index (χ0n) is 14.1. The molecule has 1 fully saturated rings. The van der Waals surface area contributed by atoms with E-state index in [4.69, 9.17) is 9.47 Å². The third-order valence-corrected chi connectivity index (χ3v) is 4.32. The predicted octanol–water partition coefficient (Wildman–Crippen LogP) is 1.12. The molecular weight excluding hydrogens is 320 g/mol. The van der Waals surface area contributed by atoms with Crippen LogP contribution < -0.4 is 10.1 Å². The summed E-state index contributed by atoms with van der Waals surface area (Å²) in [6.45, 7) is 0.408. The highest BCUT2D eigenvalue weighted by Gasteiger charge is 2.37. The van der Waals surface area contributed by atoms with E-state index in [1.54, 1.807) is 25.6 Å². The first kappa shape index (κ1) is 17.4. The maximum absolute atomic E-state index is 12.2. The lowest BCUT2D eigenvalue weighted by atomic mass is 10.0. The van der Waals surface area contributed by atoms with E-state index in [1.807, 2.05) is 30.3 Å². The molecule has 0 aliphatic carbocycles. The Balaban J connectivity index is 1.60. The number of aliphatic hydroxyl groups excluding tert-OH is 1. The van der Waals surface area contributed by atoms with E-state index in [-0.39, 0.29) is 18.4 Å². The smallest absolute Gasteiger partial charge is 0.310 e. The molecule has 0 saturated carbocycles. The van der Waals surface area contributed by atoms with Gasteiger partial charge >= 0.3 is 5.97 Å². The van der Waals surface area contributed by atoms with Crippen molar-refractivity contribution >= 4 is 5.97 Å². The van der Waals surface area contributed by atoms with Gasteiger partial charge in [-0.2, -0.15) is 0 Å². The number of carbonyl (C=O) groups excluding carboxylic acids is 1. The van der Waals surface area contributed by atoms with Crippen molar-refractivity contribution in [3.63, 3.8) is 0 Å². The number of nitrogens with zero attached hydrogens (tertiary/aromatic N) is 1. The molecule has 1 saturated heterocycles. The van der Waals surface area contributed by atoms with E-state index in [9.17, 15) is 9.90 Å². The molecule has 6 nitrogen and oxygen atoms in total. The molecular formula is C19H22N2O4. The number of benzene rings is 1. The van der Waals surface area contributed by atoms with Crippen LogP contribution in [0.4, 0.5) is 0 Å². The van der Waals surface area contributed by atoms with Crippen LogP contribution in [0.5, 0.6) is 5.75 Å². The van der Waals surface area contributed by atoms with Gasteiger partial charge < -0.3 is 19.9 Å². The maximum atomic E-state index is 12.2. The molecule has 132 valence electrons. The number of carbonyl (C=O) groups is 1. The quantitative estimate of drug-likeness (QED) is 0.766. The fourth-order valence-electron chi connectivity index (χ4n) is 3.00. The molecule has 1 aliphatic rings. The lowest BCUT2D eigenvalue weighted by Crippen LogP contribution is -2.39. The van der Waals surface area contributed by atoms with Gasteiger partial charge in [-0.1, -0.05) is 18.2 Å². The van der Waals surface area contributed by atoms with Gasteiger partial charge in [0.2, 0.25) is 0 Å². The monoisotopic (exact) mass is 342 g/mol. The van der Waals surface area contributed by atoms with Crippen LogP contribution in [-0.2, 0) is 22.4 Å². The third-order valence-electron chi connectivity index (χ3n) is 4.32. The van der Waals surface area contributed by atoms with Gasteiger partial charge in [0, 0.05) is 18.9 Å². The topological polar surface area (TPSA) is 80.7 Å². The second-order valence-electron chi connectivity index (χ2n) is 6.13. The van der Waals surface area contributed by atoms with Crippen LogP contribution in [0.3, 0.4) is 0 Å². The number of hydrogen-bond acceptors (Lipinski definition) is 6. The standard InChI is InChI=1S/C19H22N2O4/c1-24-15-6-4-13(5-7-15)9-16-19(17(22)12-21-16)25-18(23)10-14-3-2-8-20-11-14/h2-8,11,16-17,19,21-22H,9-10,12H2,1H3/t16-,17+,19+/m1/s1. The zero-order valence-corrected chi connectivity index (χ0v) is 14.1. The summed E-state index contributed by atoms with van der Waals surface area (Å²) in [4.78, 5) is 16.2. The summed E-state index contributed by atoms with van der Waals surface area (Å²) in [7, 11) is 1.63. The average molecular weight is 342 g/mol. The number of esters is 1. The van der Waals surface area contributed by atoms with Crippen molar-refractivity contribution < 1.29 is 19.4 Å². The van der Waals surface area contributed by atoms with E-state index in [2.05, 4.69) is 10.3 Å². The minimum absolute atomic E-state index is 0.124. The van der Waals surface area contributed by atoms with Crippen LogP contribution >= 0.6 is 0 Å². The first-order valence-electron chi connectivity index (χ1n) is 8.28. The Morgan fingerprint density at radius 3 is 2.76 bits per heavy atom. The highest BCUT2D eigenvalue weighted by molar-refractivity contribution is 5.72. The molecule has 3 atom stereocenters. The van der Waals surface area contributed by atoms with Crippen LogP contribution in [0.2, 0.25) is 0 Å². The van der Waals surface area contributed by atoms with E-state index in [0.717, 1.165) is 16.9 Å². The normalized spacial score (nSPS) is 22.6. The Bertz CT molecular complexity index is 690. The molecule has 0 radical (unpaired) electrons. The van der Waals surface area contributed by atoms with Crippen molar-refractivity contribution in [1.29, 1.82) is 0 Å². The molecule has 1 aromatic carbocycles. The number of aliphatic hydroxyl groups is 1. The zero-order chi connectivity index (χ0) is 17.6. The number of ether oxygens (including phenoxy) is 2. The van der Waals surface area contributed by atoms with Gasteiger partial charge in [0.1, 0.15) is 18.0 Å². The Labute approximate surface area is 146 Å². The lowest BCUT2D eigenvalue weighted by molar-refractivity contribution is -0.153. The minimum atomic E-state index is -0.707. The SMILES string of the molecule is COc1ccc(C[C@H]2NC[C@H](O)[C@H]2OC(=O)Cc2cccnc2)cc1. The highest BCUT2D eigenvalue weighted by Crippen LogP contribution is 2.19. The number of pyridine rings is 1. The van der Waals surface area contributed by atoms with Gasteiger partial charge in [-0.25, -0.2) is 0 Å².